The van der Waals surface area contributed by atoms with Crippen LogP contribution in [0.3, 0.4) is 0 Å². The van der Waals surface area contributed by atoms with Gasteiger partial charge in [0.25, 0.3) is 5.91 Å². The highest BCUT2D eigenvalue weighted by molar-refractivity contribution is 5.78. The molecule has 0 saturated carbocycles. The minimum atomic E-state index is -0.490. The molecule has 1 aliphatic heterocycles. The average molecular weight is 319 g/mol. The summed E-state index contributed by atoms with van der Waals surface area (Å²) in [6.07, 6.45) is 3.93. The molecular formula is C16H18FN3O3. The molecule has 122 valence electrons. The molecule has 1 aliphatic rings. The molecule has 0 spiro atoms. The first-order chi connectivity index (χ1) is 11.1. The van der Waals surface area contributed by atoms with Crippen LogP contribution in [0.25, 0.3) is 0 Å². The highest BCUT2D eigenvalue weighted by Gasteiger charge is 2.33. The fourth-order valence-electron chi connectivity index (χ4n) is 2.60. The van der Waals surface area contributed by atoms with Crippen molar-refractivity contribution < 1.29 is 18.7 Å². The molecule has 2 atom stereocenters. The van der Waals surface area contributed by atoms with Gasteiger partial charge in [0.2, 0.25) is 0 Å². The van der Waals surface area contributed by atoms with E-state index in [0.717, 1.165) is 5.82 Å². The first-order valence-electron chi connectivity index (χ1n) is 7.40. The third kappa shape index (κ3) is 3.50. The molecule has 1 aromatic heterocycles. The van der Waals surface area contributed by atoms with E-state index in [0.29, 0.717) is 13.0 Å². The molecule has 0 unspecified atom stereocenters. The van der Waals surface area contributed by atoms with Crippen molar-refractivity contribution in [3.8, 4) is 5.75 Å². The standard InChI is InChI=1S/C16H18FN3O3/c1-20-8-7-18-16(20)15-12(6-9-22-15)19-14(21)10-23-13-5-3-2-4-11(13)17/h2-5,7-8,12,15H,6,9-10H2,1H3,(H,19,21)/t12-,15-/m0/s1. The van der Waals surface area contributed by atoms with E-state index in [2.05, 4.69) is 10.3 Å². The second-order valence-electron chi connectivity index (χ2n) is 5.37. The lowest BCUT2D eigenvalue weighted by Crippen LogP contribution is -2.40. The summed E-state index contributed by atoms with van der Waals surface area (Å²) in [5.41, 5.74) is 0. The van der Waals surface area contributed by atoms with Crippen molar-refractivity contribution in [2.75, 3.05) is 13.2 Å². The quantitative estimate of drug-likeness (QED) is 0.909. The number of hydrogen-bond acceptors (Lipinski definition) is 4. The number of aryl methyl sites for hydroxylation is 1. The predicted octanol–water partition coefficient (Wildman–Crippen LogP) is 1.58. The first kappa shape index (κ1) is 15.5. The lowest BCUT2D eigenvalue weighted by molar-refractivity contribution is -0.124. The number of amides is 1. The van der Waals surface area contributed by atoms with Crippen LogP contribution in [0.5, 0.6) is 5.75 Å². The van der Waals surface area contributed by atoms with Gasteiger partial charge in [-0.2, -0.15) is 0 Å². The maximum Gasteiger partial charge on any atom is 0.258 e. The predicted molar refractivity (Wildman–Crippen MR) is 80.3 cm³/mol. The molecule has 0 radical (unpaired) electrons. The molecular weight excluding hydrogens is 301 g/mol. The number of nitrogens with one attached hydrogen (secondary N) is 1. The van der Waals surface area contributed by atoms with Crippen molar-refractivity contribution in [3.05, 3.63) is 48.3 Å². The van der Waals surface area contributed by atoms with Crippen molar-refractivity contribution in [2.24, 2.45) is 7.05 Å². The van der Waals surface area contributed by atoms with Gasteiger partial charge in [0, 0.05) is 26.0 Å². The van der Waals surface area contributed by atoms with Gasteiger partial charge in [0.05, 0.1) is 6.04 Å². The van der Waals surface area contributed by atoms with Crippen molar-refractivity contribution in [2.45, 2.75) is 18.6 Å². The Morgan fingerprint density at radius 3 is 3.09 bits per heavy atom. The summed E-state index contributed by atoms with van der Waals surface area (Å²) in [4.78, 5) is 16.3. The minimum Gasteiger partial charge on any atom is -0.481 e. The van der Waals surface area contributed by atoms with Gasteiger partial charge in [-0.1, -0.05) is 12.1 Å². The van der Waals surface area contributed by atoms with Gasteiger partial charge in [0.1, 0.15) is 11.9 Å². The summed E-state index contributed by atoms with van der Waals surface area (Å²) in [5, 5.41) is 2.87. The summed E-state index contributed by atoms with van der Waals surface area (Å²) in [6, 6.07) is 5.81. The molecule has 2 heterocycles. The Balaban J connectivity index is 1.57. The van der Waals surface area contributed by atoms with Crippen LogP contribution in [0, 0.1) is 5.82 Å². The van der Waals surface area contributed by atoms with Crippen LogP contribution in [-0.4, -0.2) is 34.7 Å². The van der Waals surface area contributed by atoms with Crippen LogP contribution in [0.1, 0.15) is 18.3 Å². The molecule has 6 nitrogen and oxygen atoms in total. The van der Waals surface area contributed by atoms with Gasteiger partial charge in [-0.3, -0.25) is 4.79 Å². The molecule has 1 fully saturated rings. The normalized spacial score (nSPS) is 20.4. The molecule has 23 heavy (non-hydrogen) atoms. The van der Waals surface area contributed by atoms with E-state index < -0.39 is 5.82 Å². The number of aromatic nitrogens is 2. The second kappa shape index (κ2) is 6.78. The van der Waals surface area contributed by atoms with Gasteiger partial charge in [-0.15, -0.1) is 0 Å². The smallest absolute Gasteiger partial charge is 0.258 e. The molecule has 3 rings (SSSR count). The van der Waals surface area contributed by atoms with E-state index >= 15 is 0 Å². The van der Waals surface area contributed by atoms with E-state index in [1.54, 1.807) is 18.3 Å². The zero-order chi connectivity index (χ0) is 16.2. The molecule has 0 bridgehead atoms. The van der Waals surface area contributed by atoms with Crippen molar-refractivity contribution in [3.63, 3.8) is 0 Å². The Kier molecular flexibility index (Phi) is 4.57. The number of rotatable bonds is 5. The number of halogens is 1. The summed E-state index contributed by atoms with van der Waals surface area (Å²) < 4.78 is 26.2. The summed E-state index contributed by atoms with van der Waals surface area (Å²) in [7, 11) is 1.88. The topological polar surface area (TPSA) is 65.4 Å². The molecule has 0 aliphatic carbocycles. The van der Waals surface area contributed by atoms with E-state index in [9.17, 15) is 9.18 Å². The van der Waals surface area contributed by atoms with Crippen LogP contribution in [0.4, 0.5) is 4.39 Å². The van der Waals surface area contributed by atoms with Crippen LogP contribution in [0.15, 0.2) is 36.7 Å². The number of nitrogens with zero attached hydrogens (tertiary/aromatic N) is 2. The van der Waals surface area contributed by atoms with Gasteiger partial charge in [-0.05, 0) is 18.6 Å². The first-order valence-corrected chi connectivity index (χ1v) is 7.40. The average Bonchev–Trinajstić information content (AvgIpc) is 3.15. The highest BCUT2D eigenvalue weighted by Crippen LogP contribution is 2.27. The maximum atomic E-state index is 13.4. The third-order valence-corrected chi connectivity index (χ3v) is 3.75. The summed E-state index contributed by atoms with van der Waals surface area (Å²) >= 11 is 0. The molecule has 1 amide bonds. The van der Waals surface area contributed by atoms with Crippen molar-refractivity contribution >= 4 is 5.91 Å². The van der Waals surface area contributed by atoms with Gasteiger partial charge < -0.3 is 19.4 Å². The lowest BCUT2D eigenvalue weighted by atomic mass is 10.1. The number of hydrogen-bond donors (Lipinski definition) is 1. The van der Waals surface area contributed by atoms with E-state index in [1.165, 1.54) is 12.1 Å². The number of imidazole rings is 1. The van der Waals surface area contributed by atoms with Crippen LogP contribution < -0.4 is 10.1 Å². The Morgan fingerprint density at radius 1 is 1.52 bits per heavy atom. The number of para-hydroxylation sites is 1. The van der Waals surface area contributed by atoms with E-state index in [1.807, 2.05) is 17.8 Å². The zero-order valence-corrected chi connectivity index (χ0v) is 12.7. The Labute approximate surface area is 133 Å². The fourth-order valence-corrected chi connectivity index (χ4v) is 2.60. The molecule has 1 N–H and O–H groups in total. The summed E-state index contributed by atoms with van der Waals surface area (Å²) in [5.74, 6) is 0.0205. The van der Waals surface area contributed by atoms with Crippen LogP contribution in [-0.2, 0) is 16.6 Å². The van der Waals surface area contributed by atoms with E-state index in [4.69, 9.17) is 9.47 Å². The lowest BCUT2D eigenvalue weighted by Gasteiger charge is -2.19. The van der Waals surface area contributed by atoms with Crippen LogP contribution >= 0.6 is 0 Å². The number of carbonyl (C=O) groups excluding carboxylic acids is 1. The van der Waals surface area contributed by atoms with Crippen molar-refractivity contribution in [1.29, 1.82) is 0 Å². The monoisotopic (exact) mass is 319 g/mol. The number of carbonyl (C=O) groups is 1. The van der Waals surface area contributed by atoms with Gasteiger partial charge in [-0.25, -0.2) is 9.37 Å². The number of benzene rings is 1. The largest absolute Gasteiger partial charge is 0.481 e. The second-order valence-corrected chi connectivity index (χ2v) is 5.37. The molecule has 1 saturated heterocycles. The molecule has 2 aromatic rings. The van der Waals surface area contributed by atoms with Gasteiger partial charge in [0.15, 0.2) is 18.2 Å². The third-order valence-electron chi connectivity index (χ3n) is 3.75. The highest BCUT2D eigenvalue weighted by atomic mass is 19.1. The van der Waals surface area contributed by atoms with E-state index in [-0.39, 0.29) is 30.4 Å². The Morgan fingerprint density at radius 2 is 2.35 bits per heavy atom. The number of ether oxygens (including phenoxy) is 2. The van der Waals surface area contributed by atoms with Crippen LogP contribution in [0.2, 0.25) is 0 Å². The molecule has 7 heteroatoms. The fraction of sp³-hybridized carbons (Fsp3) is 0.375. The minimum absolute atomic E-state index is 0.0611. The Bertz CT molecular complexity index is 689. The SMILES string of the molecule is Cn1ccnc1[C@H]1OCC[C@@H]1NC(=O)COc1ccccc1F. The zero-order valence-electron chi connectivity index (χ0n) is 12.7. The molecule has 1 aromatic carbocycles. The van der Waals surface area contributed by atoms with Gasteiger partial charge >= 0.3 is 0 Å². The van der Waals surface area contributed by atoms with Crippen molar-refractivity contribution in [1.82, 2.24) is 14.9 Å². The summed E-state index contributed by atoms with van der Waals surface area (Å²) in [6.45, 7) is 0.307. The Hall–Kier alpha value is -2.41. The maximum absolute atomic E-state index is 13.4.